The van der Waals surface area contributed by atoms with Gasteiger partial charge in [-0.1, -0.05) is 30.3 Å². The van der Waals surface area contributed by atoms with Gasteiger partial charge in [0.25, 0.3) is 11.8 Å². The molecule has 0 aliphatic carbocycles. The van der Waals surface area contributed by atoms with Gasteiger partial charge in [0.05, 0.1) is 30.9 Å². The average Bonchev–Trinajstić information content (AvgIpc) is 3.32. The van der Waals surface area contributed by atoms with Gasteiger partial charge in [-0.05, 0) is 12.1 Å². The number of benzene rings is 1. The van der Waals surface area contributed by atoms with Gasteiger partial charge in [0.15, 0.2) is 5.76 Å². The maximum atomic E-state index is 11.7. The fourth-order valence-electron chi connectivity index (χ4n) is 2.10. The Bertz CT molecular complexity index is 869. The predicted molar refractivity (Wildman–Crippen MR) is 90.8 cm³/mol. The highest BCUT2D eigenvalue weighted by Gasteiger charge is 2.10. The molecule has 0 saturated carbocycles. The maximum Gasteiger partial charge on any atom is 0.287 e. The first-order valence-corrected chi connectivity index (χ1v) is 7.46. The van der Waals surface area contributed by atoms with E-state index in [1.165, 1.54) is 18.5 Å². The molecule has 2 aromatic heterocycles. The highest BCUT2D eigenvalue weighted by Crippen LogP contribution is 2.18. The third-order valence-corrected chi connectivity index (χ3v) is 3.28. The van der Waals surface area contributed by atoms with Crippen molar-refractivity contribution in [3.63, 3.8) is 0 Å². The number of amides is 2. The second-order valence-corrected chi connectivity index (χ2v) is 5.02. The molecule has 0 radical (unpaired) electrons. The molecule has 0 saturated heterocycles. The van der Waals surface area contributed by atoms with Crippen LogP contribution < -0.4 is 10.7 Å². The summed E-state index contributed by atoms with van der Waals surface area (Å²) in [7, 11) is 0. The van der Waals surface area contributed by atoms with Crippen LogP contribution in [0.1, 0.15) is 16.1 Å². The fraction of sp³-hybridized carbons (Fsp3) is 0.0588. The molecule has 8 heteroatoms. The highest BCUT2D eigenvalue weighted by molar-refractivity contribution is 5.94. The molecule has 0 fully saturated rings. The van der Waals surface area contributed by atoms with Crippen LogP contribution in [0.5, 0.6) is 0 Å². The quantitative estimate of drug-likeness (QED) is 0.468. The van der Waals surface area contributed by atoms with E-state index in [1.54, 1.807) is 12.3 Å². The van der Waals surface area contributed by atoms with Gasteiger partial charge in [-0.25, -0.2) is 5.43 Å². The van der Waals surface area contributed by atoms with E-state index in [1.807, 2.05) is 30.3 Å². The Kier molecular flexibility index (Phi) is 5.01. The minimum absolute atomic E-state index is 0.141. The van der Waals surface area contributed by atoms with E-state index in [0.29, 0.717) is 0 Å². The molecule has 0 unspecified atom stereocenters. The van der Waals surface area contributed by atoms with Gasteiger partial charge in [0.2, 0.25) is 0 Å². The summed E-state index contributed by atoms with van der Waals surface area (Å²) in [5, 5.41) is 13.2. The van der Waals surface area contributed by atoms with E-state index in [-0.39, 0.29) is 12.3 Å². The molecular weight excluding hydrogens is 322 g/mol. The molecule has 2 heterocycles. The Labute approximate surface area is 142 Å². The van der Waals surface area contributed by atoms with Crippen molar-refractivity contribution in [3.8, 4) is 11.3 Å². The Morgan fingerprint density at radius 1 is 1.20 bits per heavy atom. The van der Waals surface area contributed by atoms with Gasteiger partial charge >= 0.3 is 0 Å². The van der Waals surface area contributed by atoms with Crippen LogP contribution in [0.2, 0.25) is 0 Å². The fourth-order valence-corrected chi connectivity index (χ4v) is 2.10. The molecular formula is C17H15N5O3. The smallest absolute Gasteiger partial charge is 0.287 e. The lowest BCUT2D eigenvalue weighted by molar-refractivity contribution is -0.120. The molecule has 25 heavy (non-hydrogen) atoms. The molecule has 3 N–H and O–H groups in total. The number of nitrogens with zero attached hydrogens (tertiary/aromatic N) is 2. The Balaban J connectivity index is 1.53. The number of H-pyrrole nitrogens is 1. The molecule has 1 aromatic carbocycles. The number of hydrazone groups is 1. The molecule has 3 rings (SSSR count). The number of carbonyl (C=O) groups excluding carboxylic acids is 2. The normalized spacial score (nSPS) is 10.7. The molecule has 0 aliphatic heterocycles. The number of aromatic amines is 1. The lowest BCUT2D eigenvalue weighted by Gasteiger charge is -2.02. The Hall–Kier alpha value is -3.68. The standard InChI is InChI=1S/C17H15N5O3/c23-15(11-18-17(24)14-7-4-8-25-14)21-19-9-13-10-20-22-16(13)12-5-2-1-3-6-12/h1-10H,11H2,(H,18,24)(H,20,22)(H,21,23)/b19-9-. The summed E-state index contributed by atoms with van der Waals surface area (Å²) in [6, 6.07) is 12.7. The summed E-state index contributed by atoms with van der Waals surface area (Å²) in [4.78, 5) is 23.3. The van der Waals surface area contributed by atoms with E-state index in [2.05, 4.69) is 26.0 Å². The number of hydrogen-bond acceptors (Lipinski definition) is 5. The van der Waals surface area contributed by atoms with E-state index in [0.717, 1.165) is 16.8 Å². The zero-order chi connectivity index (χ0) is 17.5. The number of nitrogens with one attached hydrogen (secondary N) is 3. The van der Waals surface area contributed by atoms with E-state index >= 15 is 0 Å². The first-order valence-electron chi connectivity index (χ1n) is 7.46. The third-order valence-electron chi connectivity index (χ3n) is 3.28. The van der Waals surface area contributed by atoms with Crippen molar-refractivity contribution >= 4 is 18.0 Å². The lowest BCUT2D eigenvalue weighted by Crippen LogP contribution is -2.34. The summed E-state index contributed by atoms with van der Waals surface area (Å²) in [5.41, 5.74) is 4.82. The number of rotatable bonds is 6. The molecule has 126 valence electrons. The summed E-state index contributed by atoms with van der Waals surface area (Å²) >= 11 is 0. The summed E-state index contributed by atoms with van der Waals surface area (Å²) < 4.78 is 4.93. The summed E-state index contributed by atoms with van der Waals surface area (Å²) in [6.07, 6.45) is 4.48. The van der Waals surface area contributed by atoms with Crippen molar-refractivity contribution in [1.29, 1.82) is 0 Å². The van der Waals surface area contributed by atoms with Crippen LogP contribution in [-0.2, 0) is 4.79 Å². The van der Waals surface area contributed by atoms with Crippen LogP contribution in [0.3, 0.4) is 0 Å². The van der Waals surface area contributed by atoms with Gasteiger partial charge in [-0.2, -0.15) is 10.2 Å². The van der Waals surface area contributed by atoms with Crippen molar-refractivity contribution < 1.29 is 14.0 Å². The van der Waals surface area contributed by atoms with Crippen LogP contribution >= 0.6 is 0 Å². The average molecular weight is 337 g/mol. The zero-order valence-electron chi connectivity index (χ0n) is 13.1. The number of furan rings is 1. The van der Waals surface area contributed by atoms with Crippen molar-refractivity contribution in [2.24, 2.45) is 5.10 Å². The van der Waals surface area contributed by atoms with Crippen LogP contribution in [0, 0.1) is 0 Å². The molecule has 2 amide bonds. The van der Waals surface area contributed by atoms with Crippen LogP contribution in [0.4, 0.5) is 0 Å². The van der Waals surface area contributed by atoms with Crippen molar-refractivity contribution in [3.05, 3.63) is 66.2 Å². The van der Waals surface area contributed by atoms with Crippen LogP contribution in [-0.4, -0.2) is 34.8 Å². The van der Waals surface area contributed by atoms with Gasteiger partial charge in [-0.15, -0.1) is 0 Å². The largest absolute Gasteiger partial charge is 0.459 e. The van der Waals surface area contributed by atoms with E-state index in [9.17, 15) is 9.59 Å². The number of hydrogen-bond donors (Lipinski definition) is 3. The van der Waals surface area contributed by atoms with Crippen molar-refractivity contribution in [2.75, 3.05) is 6.54 Å². The predicted octanol–water partition coefficient (Wildman–Crippen LogP) is 1.55. The van der Waals surface area contributed by atoms with Gasteiger partial charge in [0, 0.05) is 11.1 Å². The van der Waals surface area contributed by atoms with Crippen LogP contribution in [0.15, 0.2) is 64.4 Å². The first kappa shape index (κ1) is 16.2. The second-order valence-electron chi connectivity index (χ2n) is 5.02. The highest BCUT2D eigenvalue weighted by atomic mass is 16.3. The van der Waals surface area contributed by atoms with Gasteiger partial charge in [-0.3, -0.25) is 14.7 Å². The second kappa shape index (κ2) is 7.73. The number of carbonyl (C=O) groups is 2. The van der Waals surface area contributed by atoms with Gasteiger partial charge < -0.3 is 9.73 Å². The maximum absolute atomic E-state index is 11.7. The molecule has 0 spiro atoms. The van der Waals surface area contributed by atoms with E-state index in [4.69, 9.17) is 4.42 Å². The van der Waals surface area contributed by atoms with Crippen molar-refractivity contribution in [1.82, 2.24) is 20.9 Å². The van der Waals surface area contributed by atoms with Crippen molar-refractivity contribution in [2.45, 2.75) is 0 Å². The Morgan fingerprint density at radius 3 is 2.80 bits per heavy atom. The SMILES string of the molecule is O=C(CNC(=O)c1ccco1)N/N=C\c1cn[nH]c1-c1ccccc1. The summed E-state index contributed by atoms with van der Waals surface area (Å²) in [5.74, 6) is -0.784. The molecule has 0 aliphatic rings. The topological polar surface area (TPSA) is 112 Å². The van der Waals surface area contributed by atoms with Crippen LogP contribution in [0.25, 0.3) is 11.3 Å². The molecule has 0 bridgehead atoms. The van der Waals surface area contributed by atoms with Gasteiger partial charge in [0.1, 0.15) is 0 Å². The minimum atomic E-state index is -0.467. The number of aromatic nitrogens is 2. The molecule has 0 atom stereocenters. The molecule has 8 nitrogen and oxygen atoms in total. The third kappa shape index (κ3) is 4.20. The lowest BCUT2D eigenvalue weighted by atomic mass is 10.1. The monoisotopic (exact) mass is 337 g/mol. The molecule has 3 aromatic rings. The van der Waals surface area contributed by atoms with E-state index < -0.39 is 11.8 Å². The minimum Gasteiger partial charge on any atom is -0.459 e. The zero-order valence-corrected chi connectivity index (χ0v) is 13.1. The Morgan fingerprint density at radius 2 is 2.04 bits per heavy atom. The summed E-state index contributed by atoms with van der Waals surface area (Å²) in [6.45, 7) is -0.214. The first-order chi connectivity index (χ1) is 12.2.